The van der Waals surface area contributed by atoms with Gasteiger partial charge in [0.05, 0.1) is 36.9 Å². The van der Waals surface area contributed by atoms with Crippen molar-refractivity contribution >= 4 is 11.9 Å². The molecule has 0 bridgehead atoms. The fraction of sp³-hybridized carbons (Fsp3) is 0.680. The maximum Gasteiger partial charge on any atom is 0.321 e. The van der Waals surface area contributed by atoms with E-state index in [1.165, 1.54) is 5.56 Å². The SMILES string of the molecule is CNC1(c2ccccc2)CCC2(CC1)CN(CC(=O)NC1COC1)C(=O)N2CC1(O)CCC1. The number of hydrogen-bond acceptors (Lipinski definition) is 5. The van der Waals surface area contributed by atoms with Gasteiger partial charge in [0.15, 0.2) is 0 Å². The quantitative estimate of drug-likeness (QED) is 0.579. The van der Waals surface area contributed by atoms with Crippen molar-refractivity contribution in [2.75, 3.05) is 39.9 Å². The van der Waals surface area contributed by atoms with Crippen molar-refractivity contribution in [2.45, 2.75) is 67.7 Å². The molecule has 1 aromatic carbocycles. The lowest BCUT2D eigenvalue weighted by atomic mass is 9.68. The third-order valence-corrected chi connectivity index (χ3v) is 8.47. The number of benzene rings is 1. The van der Waals surface area contributed by atoms with Crippen LogP contribution in [0.2, 0.25) is 0 Å². The minimum Gasteiger partial charge on any atom is -0.388 e. The number of rotatable bonds is 7. The zero-order valence-corrected chi connectivity index (χ0v) is 19.5. The summed E-state index contributed by atoms with van der Waals surface area (Å²) in [5, 5.41) is 17.5. The maximum atomic E-state index is 13.5. The number of carbonyl (C=O) groups excluding carboxylic acids is 2. The third-order valence-electron chi connectivity index (χ3n) is 8.47. The average molecular weight is 457 g/mol. The number of nitrogens with one attached hydrogen (secondary N) is 2. The highest BCUT2D eigenvalue weighted by Gasteiger charge is 2.56. The number of aliphatic hydroxyl groups is 1. The van der Waals surface area contributed by atoms with Gasteiger partial charge in [-0.3, -0.25) is 4.79 Å². The van der Waals surface area contributed by atoms with Crippen LogP contribution in [0.5, 0.6) is 0 Å². The van der Waals surface area contributed by atoms with Gasteiger partial charge in [0.2, 0.25) is 5.91 Å². The normalized spacial score (nSPS) is 31.4. The largest absolute Gasteiger partial charge is 0.388 e. The zero-order valence-electron chi connectivity index (χ0n) is 19.5. The van der Waals surface area contributed by atoms with E-state index in [0.717, 1.165) is 44.9 Å². The zero-order chi connectivity index (χ0) is 23.1. The summed E-state index contributed by atoms with van der Waals surface area (Å²) in [5.74, 6) is -0.138. The molecule has 4 fully saturated rings. The van der Waals surface area contributed by atoms with Crippen molar-refractivity contribution in [2.24, 2.45) is 0 Å². The fourth-order valence-electron chi connectivity index (χ4n) is 6.05. The van der Waals surface area contributed by atoms with Crippen molar-refractivity contribution in [3.05, 3.63) is 35.9 Å². The highest BCUT2D eigenvalue weighted by atomic mass is 16.5. The number of hydrogen-bond donors (Lipinski definition) is 3. The minimum absolute atomic E-state index is 0.0488. The minimum atomic E-state index is -0.791. The molecule has 1 spiro atoms. The van der Waals surface area contributed by atoms with Crippen LogP contribution in [0.15, 0.2) is 30.3 Å². The molecule has 2 heterocycles. The summed E-state index contributed by atoms with van der Waals surface area (Å²) < 4.78 is 5.14. The molecule has 180 valence electrons. The second-order valence-electron chi connectivity index (χ2n) is 10.5. The average Bonchev–Trinajstić information content (AvgIpc) is 3.02. The van der Waals surface area contributed by atoms with E-state index in [1.54, 1.807) is 4.90 Å². The molecular formula is C25H36N4O4. The van der Waals surface area contributed by atoms with Crippen LogP contribution in [0.3, 0.4) is 0 Å². The highest BCUT2D eigenvalue weighted by Crippen LogP contribution is 2.48. The van der Waals surface area contributed by atoms with Crippen LogP contribution in [-0.4, -0.2) is 83.9 Å². The van der Waals surface area contributed by atoms with E-state index >= 15 is 0 Å². The lowest BCUT2D eigenvalue weighted by molar-refractivity contribution is -0.125. The Morgan fingerprint density at radius 3 is 2.36 bits per heavy atom. The Hall–Kier alpha value is -2.16. The van der Waals surface area contributed by atoms with Crippen LogP contribution in [0, 0.1) is 0 Å². The predicted octanol–water partition coefficient (Wildman–Crippen LogP) is 1.58. The van der Waals surface area contributed by atoms with E-state index in [1.807, 2.05) is 18.0 Å². The van der Waals surface area contributed by atoms with Gasteiger partial charge in [0.1, 0.15) is 6.54 Å². The molecule has 8 nitrogen and oxygen atoms in total. The van der Waals surface area contributed by atoms with Gasteiger partial charge in [0, 0.05) is 12.1 Å². The van der Waals surface area contributed by atoms with Crippen LogP contribution in [0.1, 0.15) is 50.5 Å². The van der Waals surface area contributed by atoms with Gasteiger partial charge in [-0.2, -0.15) is 0 Å². The van der Waals surface area contributed by atoms with Crippen LogP contribution in [0.25, 0.3) is 0 Å². The molecule has 1 aromatic rings. The second kappa shape index (κ2) is 8.56. The van der Waals surface area contributed by atoms with Crippen molar-refractivity contribution in [1.82, 2.24) is 20.4 Å². The smallest absolute Gasteiger partial charge is 0.321 e. The lowest BCUT2D eigenvalue weighted by Gasteiger charge is -2.50. The van der Waals surface area contributed by atoms with Crippen LogP contribution >= 0.6 is 0 Å². The first-order valence-corrected chi connectivity index (χ1v) is 12.3. The van der Waals surface area contributed by atoms with Gasteiger partial charge in [-0.05, 0) is 57.6 Å². The van der Waals surface area contributed by atoms with Gasteiger partial charge in [-0.1, -0.05) is 30.3 Å². The molecule has 0 unspecified atom stereocenters. The van der Waals surface area contributed by atoms with Crippen LogP contribution in [-0.2, 0) is 15.1 Å². The number of β-amino-alcohol motifs (C(OH)–C–C–N with tert-alkyl or cyclic N) is 1. The van der Waals surface area contributed by atoms with Crippen molar-refractivity contribution in [1.29, 1.82) is 0 Å². The summed E-state index contributed by atoms with van der Waals surface area (Å²) in [6.45, 7) is 2.02. The third kappa shape index (κ3) is 4.13. The Labute approximate surface area is 195 Å². The monoisotopic (exact) mass is 456 g/mol. The van der Waals surface area contributed by atoms with E-state index in [0.29, 0.717) is 26.3 Å². The number of nitrogens with zero attached hydrogens (tertiary/aromatic N) is 2. The summed E-state index contributed by atoms with van der Waals surface area (Å²) in [5.41, 5.74) is 0.0112. The van der Waals surface area contributed by atoms with Crippen molar-refractivity contribution < 1.29 is 19.4 Å². The van der Waals surface area contributed by atoms with E-state index in [9.17, 15) is 14.7 Å². The molecule has 4 aliphatic rings. The molecule has 3 amide bonds. The summed E-state index contributed by atoms with van der Waals surface area (Å²) in [7, 11) is 2.01. The molecule has 2 saturated heterocycles. The molecule has 2 aliphatic heterocycles. The van der Waals surface area contributed by atoms with Gasteiger partial charge >= 0.3 is 6.03 Å². The number of ether oxygens (including phenoxy) is 1. The van der Waals surface area contributed by atoms with Crippen molar-refractivity contribution in [3.8, 4) is 0 Å². The van der Waals surface area contributed by atoms with Crippen LogP contribution < -0.4 is 10.6 Å². The first-order chi connectivity index (χ1) is 15.9. The first-order valence-electron chi connectivity index (χ1n) is 12.3. The standard InChI is InChI=1S/C25H36N4O4/c1-26-25(19-6-3-2-4-7-19)12-10-23(11-13-25)17-28(14-21(30)27-20-15-33-16-20)22(31)29(23)18-24(32)8-5-9-24/h2-4,6-7,20,26,32H,5,8-18H2,1H3,(H,27,30). The van der Waals surface area contributed by atoms with Gasteiger partial charge in [-0.15, -0.1) is 0 Å². The molecule has 8 heteroatoms. The van der Waals surface area contributed by atoms with Gasteiger partial charge < -0.3 is 30.3 Å². The van der Waals surface area contributed by atoms with E-state index in [2.05, 4.69) is 34.9 Å². The molecule has 5 rings (SSSR count). The summed E-state index contributed by atoms with van der Waals surface area (Å²) in [6, 6.07) is 10.5. The van der Waals surface area contributed by atoms with Gasteiger partial charge in [-0.25, -0.2) is 4.79 Å². The van der Waals surface area contributed by atoms with E-state index in [4.69, 9.17) is 4.74 Å². The maximum absolute atomic E-state index is 13.5. The Bertz CT molecular complexity index is 876. The molecule has 0 aromatic heterocycles. The molecule has 0 atom stereocenters. The number of carbonyl (C=O) groups is 2. The predicted molar refractivity (Wildman–Crippen MR) is 124 cm³/mol. The molecule has 33 heavy (non-hydrogen) atoms. The molecule has 3 N–H and O–H groups in total. The van der Waals surface area contributed by atoms with E-state index in [-0.39, 0.29) is 35.6 Å². The lowest BCUT2D eigenvalue weighted by Crippen LogP contribution is -2.59. The second-order valence-corrected chi connectivity index (χ2v) is 10.5. The van der Waals surface area contributed by atoms with Crippen LogP contribution in [0.4, 0.5) is 4.79 Å². The molecule has 0 radical (unpaired) electrons. The number of urea groups is 1. The Morgan fingerprint density at radius 2 is 1.82 bits per heavy atom. The summed E-state index contributed by atoms with van der Waals surface area (Å²) >= 11 is 0. The Balaban J connectivity index is 1.34. The topological polar surface area (TPSA) is 94.1 Å². The summed E-state index contributed by atoms with van der Waals surface area (Å²) in [6.07, 6.45) is 5.93. The first kappa shape index (κ1) is 22.6. The van der Waals surface area contributed by atoms with E-state index < -0.39 is 5.60 Å². The molecule has 2 aliphatic carbocycles. The van der Waals surface area contributed by atoms with Crippen molar-refractivity contribution in [3.63, 3.8) is 0 Å². The summed E-state index contributed by atoms with van der Waals surface area (Å²) in [4.78, 5) is 29.7. The Kier molecular flexibility index (Phi) is 5.87. The number of amides is 3. The molecular weight excluding hydrogens is 420 g/mol. The molecule has 2 saturated carbocycles. The Morgan fingerprint density at radius 1 is 1.12 bits per heavy atom. The van der Waals surface area contributed by atoms with Gasteiger partial charge in [0.25, 0.3) is 0 Å². The fourth-order valence-corrected chi connectivity index (χ4v) is 6.05. The highest BCUT2D eigenvalue weighted by molar-refractivity contribution is 5.86.